The first-order valence-corrected chi connectivity index (χ1v) is 10.0. The quantitative estimate of drug-likeness (QED) is 0.645. The van der Waals surface area contributed by atoms with Gasteiger partial charge in [0.15, 0.2) is 11.6 Å². The van der Waals surface area contributed by atoms with E-state index in [1.807, 2.05) is 25.1 Å². The number of hydrogen-bond acceptors (Lipinski definition) is 6. The summed E-state index contributed by atoms with van der Waals surface area (Å²) in [4.78, 5) is 28.5. The third-order valence-corrected chi connectivity index (χ3v) is 5.09. The smallest absolute Gasteiger partial charge is 0.233 e. The molecule has 7 nitrogen and oxygen atoms in total. The third kappa shape index (κ3) is 5.90. The molecule has 154 valence electrons. The standard InChI is InChI=1S/C21H25ClN4O3/c1-25(2)19-10-11-20(24-23-19)29-17-4-3-13-26(14-17)21(28)12-9-18(27)15-5-7-16(22)8-6-15/h5-8,10-11,17H,3-4,9,12-14H2,1-2H3. The number of anilines is 1. The van der Waals surface area contributed by atoms with Gasteiger partial charge in [-0.15, -0.1) is 10.2 Å². The second kappa shape index (κ2) is 9.69. The number of hydrogen-bond donors (Lipinski definition) is 0. The van der Waals surface area contributed by atoms with Crippen molar-refractivity contribution < 1.29 is 14.3 Å². The van der Waals surface area contributed by atoms with E-state index in [0.29, 0.717) is 29.6 Å². The molecule has 1 amide bonds. The predicted molar refractivity (Wildman–Crippen MR) is 112 cm³/mol. The van der Waals surface area contributed by atoms with Crippen molar-refractivity contribution in [3.8, 4) is 5.88 Å². The van der Waals surface area contributed by atoms with Crippen molar-refractivity contribution in [3.63, 3.8) is 0 Å². The van der Waals surface area contributed by atoms with E-state index in [4.69, 9.17) is 16.3 Å². The van der Waals surface area contributed by atoms with Gasteiger partial charge in [0.1, 0.15) is 6.10 Å². The molecular formula is C21H25ClN4O3. The van der Waals surface area contributed by atoms with Crippen LogP contribution in [0.3, 0.4) is 0 Å². The number of benzene rings is 1. The lowest BCUT2D eigenvalue weighted by Crippen LogP contribution is -2.44. The molecule has 0 aliphatic carbocycles. The molecule has 1 atom stereocenters. The Labute approximate surface area is 175 Å². The van der Waals surface area contributed by atoms with Crippen molar-refractivity contribution in [2.75, 3.05) is 32.1 Å². The van der Waals surface area contributed by atoms with Gasteiger partial charge in [-0.2, -0.15) is 0 Å². The largest absolute Gasteiger partial charge is 0.471 e. The fourth-order valence-corrected chi connectivity index (χ4v) is 3.33. The van der Waals surface area contributed by atoms with E-state index < -0.39 is 0 Å². The van der Waals surface area contributed by atoms with E-state index in [2.05, 4.69) is 10.2 Å². The van der Waals surface area contributed by atoms with Gasteiger partial charge in [-0.25, -0.2) is 0 Å². The molecule has 2 heterocycles. The predicted octanol–water partition coefficient (Wildman–Crippen LogP) is 3.23. The molecule has 0 N–H and O–H groups in total. The molecule has 8 heteroatoms. The summed E-state index contributed by atoms with van der Waals surface area (Å²) >= 11 is 5.84. The summed E-state index contributed by atoms with van der Waals surface area (Å²) in [5.41, 5.74) is 0.571. The van der Waals surface area contributed by atoms with Crippen LogP contribution in [0.25, 0.3) is 0 Å². The summed E-state index contributed by atoms with van der Waals surface area (Å²) in [7, 11) is 3.79. The zero-order chi connectivity index (χ0) is 20.8. The number of piperidine rings is 1. The van der Waals surface area contributed by atoms with Crippen LogP contribution >= 0.6 is 11.6 Å². The van der Waals surface area contributed by atoms with Crippen molar-refractivity contribution in [3.05, 3.63) is 47.0 Å². The van der Waals surface area contributed by atoms with E-state index in [1.54, 1.807) is 35.2 Å². The van der Waals surface area contributed by atoms with Gasteiger partial charge in [-0.05, 0) is 43.2 Å². The molecule has 1 fully saturated rings. The first kappa shape index (κ1) is 21.0. The number of ether oxygens (including phenoxy) is 1. The van der Waals surface area contributed by atoms with Crippen molar-refractivity contribution in [1.82, 2.24) is 15.1 Å². The van der Waals surface area contributed by atoms with Gasteiger partial charge in [0.05, 0.1) is 6.54 Å². The lowest BCUT2D eigenvalue weighted by molar-refractivity contribution is -0.133. The van der Waals surface area contributed by atoms with Gasteiger partial charge in [-0.3, -0.25) is 9.59 Å². The van der Waals surface area contributed by atoms with Crippen molar-refractivity contribution in [1.29, 1.82) is 0 Å². The molecule has 1 saturated heterocycles. The number of rotatable bonds is 7. The van der Waals surface area contributed by atoms with Crippen molar-refractivity contribution >= 4 is 29.1 Å². The average Bonchev–Trinajstić information content (AvgIpc) is 2.73. The molecule has 0 saturated carbocycles. The zero-order valence-electron chi connectivity index (χ0n) is 16.7. The van der Waals surface area contributed by atoms with Gasteiger partial charge >= 0.3 is 0 Å². The van der Waals surface area contributed by atoms with E-state index >= 15 is 0 Å². The molecule has 1 aromatic carbocycles. The minimum atomic E-state index is -0.126. The van der Waals surface area contributed by atoms with Crippen LogP contribution in [0.2, 0.25) is 5.02 Å². The number of carbonyl (C=O) groups excluding carboxylic acids is 2. The highest BCUT2D eigenvalue weighted by Gasteiger charge is 2.25. The molecule has 29 heavy (non-hydrogen) atoms. The van der Waals surface area contributed by atoms with E-state index in [9.17, 15) is 9.59 Å². The summed E-state index contributed by atoms with van der Waals surface area (Å²) in [5.74, 6) is 1.11. The summed E-state index contributed by atoms with van der Waals surface area (Å²) in [5, 5.41) is 8.78. The maximum Gasteiger partial charge on any atom is 0.233 e. The highest BCUT2D eigenvalue weighted by atomic mass is 35.5. The van der Waals surface area contributed by atoms with Gasteiger partial charge in [0.2, 0.25) is 11.8 Å². The fourth-order valence-electron chi connectivity index (χ4n) is 3.20. The minimum absolute atomic E-state index is 0.0327. The second-order valence-corrected chi connectivity index (χ2v) is 7.71. The molecule has 0 bridgehead atoms. The van der Waals surface area contributed by atoms with Gasteiger partial charge < -0.3 is 14.5 Å². The normalized spacial score (nSPS) is 16.4. The first-order chi connectivity index (χ1) is 13.9. The third-order valence-electron chi connectivity index (χ3n) is 4.83. The minimum Gasteiger partial charge on any atom is -0.471 e. The number of ketones is 1. The van der Waals surface area contributed by atoms with Crippen molar-refractivity contribution in [2.45, 2.75) is 31.8 Å². The maximum atomic E-state index is 12.6. The summed E-state index contributed by atoms with van der Waals surface area (Å²) in [6, 6.07) is 10.4. The molecule has 0 spiro atoms. The molecule has 1 aliphatic rings. The number of carbonyl (C=O) groups is 2. The topological polar surface area (TPSA) is 75.6 Å². The summed E-state index contributed by atoms with van der Waals surface area (Å²) in [6.45, 7) is 1.17. The van der Waals surface area contributed by atoms with Crippen molar-refractivity contribution in [2.24, 2.45) is 0 Å². The van der Waals surface area contributed by atoms with E-state index in [1.165, 1.54) is 0 Å². The molecule has 1 aromatic heterocycles. The molecule has 2 aromatic rings. The first-order valence-electron chi connectivity index (χ1n) is 9.66. The molecule has 1 aliphatic heterocycles. The monoisotopic (exact) mass is 416 g/mol. The van der Waals surface area contributed by atoms with Crippen LogP contribution in [-0.4, -0.2) is 60.1 Å². The number of halogens is 1. The Morgan fingerprint density at radius 3 is 2.55 bits per heavy atom. The van der Waals surface area contributed by atoms with E-state index in [0.717, 1.165) is 18.7 Å². The van der Waals surface area contributed by atoms with Gasteiger partial charge in [0.25, 0.3) is 0 Å². The Kier molecular flexibility index (Phi) is 7.04. The van der Waals surface area contributed by atoms with Crippen LogP contribution in [-0.2, 0) is 4.79 Å². The summed E-state index contributed by atoms with van der Waals surface area (Å²) < 4.78 is 5.91. The van der Waals surface area contributed by atoms with Crippen LogP contribution in [0.4, 0.5) is 5.82 Å². The Bertz CT molecular complexity index is 840. The van der Waals surface area contributed by atoms with Crippen LogP contribution in [0, 0.1) is 0 Å². The zero-order valence-corrected chi connectivity index (χ0v) is 17.4. The molecule has 1 unspecified atom stereocenters. The van der Waals surface area contributed by atoms with Crippen LogP contribution < -0.4 is 9.64 Å². The number of aromatic nitrogens is 2. The van der Waals surface area contributed by atoms with Crippen LogP contribution in [0.15, 0.2) is 36.4 Å². The average molecular weight is 417 g/mol. The number of likely N-dealkylation sites (tertiary alicyclic amines) is 1. The van der Waals surface area contributed by atoms with Gasteiger partial charge in [-0.1, -0.05) is 11.6 Å². The van der Waals surface area contributed by atoms with Gasteiger partial charge in [0, 0.05) is 50.1 Å². The molecular weight excluding hydrogens is 392 g/mol. The highest BCUT2D eigenvalue weighted by molar-refractivity contribution is 6.30. The highest BCUT2D eigenvalue weighted by Crippen LogP contribution is 2.19. The Morgan fingerprint density at radius 2 is 1.90 bits per heavy atom. The maximum absolute atomic E-state index is 12.6. The lowest BCUT2D eigenvalue weighted by atomic mass is 10.0. The Hall–Kier alpha value is -2.67. The Balaban J connectivity index is 1.49. The second-order valence-electron chi connectivity index (χ2n) is 7.28. The lowest BCUT2D eigenvalue weighted by Gasteiger charge is -2.32. The number of Topliss-reactive ketones (excluding diaryl/α,β-unsaturated/α-hetero) is 1. The molecule has 3 rings (SSSR count). The molecule has 0 radical (unpaired) electrons. The fraction of sp³-hybridized carbons (Fsp3) is 0.429. The SMILES string of the molecule is CN(C)c1ccc(OC2CCCN(C(=O)CCC(=O)c3ccc(Cl)cc3)C2)nn1. The summed E-state index contributed by atoms with van der Waals surface area (Å²) in [6.07, 6.45) is 1.94. The van der Waals surface area contributed by atoms with Crippen LogP contribution in [0.5, 0.6) is 5.88 Å². The van der Waals surface area contributed by atoms with Crippen LogP contribution in [0.1, 0.15) is 36.0 Å². The number of nitrogens with zero attached hydrogens (tertiary/aromatic N) is 4. The van der Waals surface area contributed by atoms with E-state index in [-0.39, 0.29) is 30.6 Å². The Morgan fingerprint density at radius 1 is 1.14 bits per heavy atom. The number of amides is 1.